The van der Waals surface area contributed by atoms with Crippen LogP contribution in [0, 0.1) is 0 Å². The van der Waals surface area contributed by atoms with Gasteiger partial charge < -0.3 is 4.98 Å². The SMILES string of the molecule is O=c1[nH]c(-c2ccc(Br)cc2)nc2c1CSC2. The van der Waals surface area contributed by atoms with Gasteiger partial charge in [0.05, 0.1) is 5.69 Å². The number of thioether (sulfide) groups is 1. The van der Waals surface area contributed by atoms with Crippen molar-refractivity contribution in [3.05, 3.63) is 50.3 Å². The van der Waals surface area contributed by atoms with E-state index < -0.39 is 0 Å². The number of nitrogens with zero attached hydrogens (tertiary/aromatic N) is 1. The quantitative estimate of drug-likeness (QED) is 0.881. The van der Waals surface area contributed by atoms with Gasteiger partial charge in [-0.1, -0.05) is 28.1 Å². The average molecular weight is 309 g/mol. The molecule has 3 nitrogen and oxygen atoms in total. The maximum Gasteiger partial charge on any atom is 0.255 e. The van der Waals surface area contributed by atoms with E-state index in [0.717, 1.165) is 32.8 Å². The predicted molar refractivity (Wildman–Crippen MR) is 73.0 cm³/mol. The summed E-state index contributed by atoms with van der Waals surface area (Å²) in [5.74, 6) is 2.27. The Labute approximate surface area is 111 Å². The van der Waals surface area contributed by atoms with Crippen LogP contribution in [0.4, 0.5) is 0 Å². The van der Waals surface area contributed by atoms with E-state index in [-0.39, 0.29) is 5.56 Å². The number of rotatable bonds is 1. The number of fused-ring (bicyclic) bond motifs is 1. The first-order valence-electron chi connectivity index (χ1n) is 5.20. The zero-order valence-corrected chi connectivity index (χ0v) is 11.3. The summed E-state index contributed by atoms with van der Waals surface area (Å²) >= 11 is 5.12. The summed E-state index contributed by atoms with van der Waals surface area (Å²) in [5, 5.41) is 0. The molecule has 1 N–H and O–H groups in total. The van der Waals surface area contributed by atoms with E-state index in [4.69, 9.17) is 0 Å². The van der Waals surface area contributed by atoms with Crippen LogP contribution in [-0.4, -0.2) is 9.97 Å². The second kappa shape index (κ2) is 4.31. The second-order valence-electron chi connectivity index (χ2n) is 3.84. The molecule has 1 aromatic heterocycles. The highest BCUT2D eigenvalue weighted by Gasteiger charge is 2.17. The largest absolute Gasteiger partial charge is 0.306 e. The van der Waals surface area contributed by atoms with Crippen LogP contribution in [0.15, 0.2) is 33.5 Å². The van der Waals surface area contributed by atoms with Crippen molar-refractivity contribution in [1.29, 1.82) is 0 Å². The smallest absolute Gasteiger partial charge is 0.255 e. The molecule has 0 atom stereocenters. The molecule has 2 heterocycles. The number of aromatic nitrogens is 2. The Morgan fingerprint density at radius 2 is 2.00 bits per heavy atom. The molecule has 0 saturated heterocycles. The Morgan fingerprint density at radius 3 is 2.76 bits per heavy atom. The summed E-state index contributed by atoms with van der Waals surface area (Å²) in [6.45, 7) is 0. The Hall–Kier alpha value is -1.07. The first kappa shape index (κ1) is 11.0. The van der Waals surface area contributed by atoms with Crippen LogP contribution >= 0.6 is 27.7 Å². The molecule has 2 aromatic rings. The van der Waals surface area contributed by atoms with Crippen molar-refractivity contribution in [2.24, 2.45) is 0 Å². The van der Waals surface area contributed by atoms with E-state index in [0.29, 0.717) is 5.82 Å². The molecule has 0 radical (unpaired) electrons. The fourth-order valence-corrected chi connectivity index (χ4v) is 3.11. The lowest BCUT2D eigenvalue weighted by atomic mass is 10.2. The van der Waals surface area contributed by atoms with E-state index in [1.54, 1.807) is 11.8 Å². The Balaban J connectivity index is 2.13. The van der Waals surface area contributed by atoms with Gasteiger partial charge in [-0.25, -0.2) is 4.98 Å². The lowest BCUT2D eigenvalue weighted by Gasteiger charge is -2.03. The van der Waals surface area contributed by atoms with E-state index >= 15 is 0 Å². The van der Waals surface area contributed by atoms with Gasteiger partial charge in [-0.15, -0.1) is 0 Å². The normalized spacial score (nSPS) is 13.7. The predicted octanol–water partition coefficient (Wildman–Crippen LogP) is 2.95. The third kappa shape index (κ3) is 2.05. The van der Waals surface area contributed by atoms with Crippen LogP contribution in [0.2, 0.25) is 0 Å². The van der Waals surface area contributed by atoms with Crippen molar-refractivity contribution >= 4 is 27.7 Å². The molecule has 0 saturated carbocycles. The zero-order chi connectivity index (χ0) is 11.8. The number of aromatic amines is 1. The summed E-state index contributed by atoms with van der Waals surface area (Å²) in [5.41, 5.74) is 2.69. The molecule has 86 valence electrons. The second-order valence-corrected chi connectivity index (χ2v) is 5.74. The first-order valence-corrected chi connectivity index (χ1v) is 7.14. The van der Waals surface area contributed by atoms with Crippen molar-refractivity contribution < 1.29 is 0 Å². The van der Waals surface area contributed by atoms with Gasteiger partial charge in [-0.3, -0.25) is 4.79 Å². The van der Waals surface area contributed by atoms with Crippen molar-refractivity contribution in [2.75, 3.05) is 0 Å². The molecular formula is C12H9BrN2OS. The van der Waals surface area contributed by atoms with Crippen molar-refractivity contribution in [3.63, 3.8) is 0 Å². The topological polar surface area (TPSA) is 45.8 Å². The Bertz CT molecular complexity index is 621. The Morgan fingerprint density at radius 1 is 1.24 bits per heavy atom. The first-order chi connectivity index (χ1) is 8.24. The van der Waals surface area contributed by atoms with Crippen LogP contribution in [0.25, 0.3) is 11.4 Å². The van der Waals surface area contributed by atoms with Gasteiger partial charge in [0.2, 0.25) is 0 Å². The highest BCUT2D eigenvalue weighted by Crippen LogP contribution is 2.27. The molecule has 0 amide bonds. The fourth-order valence-electron chi connectivity index (χ4n) is 1.81. The zero-order valence-electron chi connectivity index (χ0n) is 8.87. The molecule has 3 rings (SSSR count). The molecule has 1 aliphatic rings. The molecule has 0 bridgehead atoms. The van der Waals surface area contributed by atoms with Crippen molar-refractivity contribution in [2.45, 2.75) is 11.5 Å². The van der Waals surface area contributed by atoms with E-state index in [2.05, 4.69) is 25.9 Å². The van der Waals surface area contributed by atoms with Crippen LogP contribution < -0.4 is 5.56 Å². The van der Waals surface area contributed by atoms with E-state index in [9.17, 15) is 4.79 Å². The minimum Gasteiger partial charge on any atom is -0.306 e. The van der Waals surface area contributed by atoms with E-state index in [1.165, 1.54) is 0 Å². The van der Waals surface area contributed by atoms with Crippen molar-refractivity contribution in [3.8, 4) is 11.4 Å². The van der Waals surface area contributed by atoms with Gasteiger partial charge in [0.1, 0.15) is 5.82 Å². The molecule has 0 unspecified atom stereocenters. The van der Waals surface area contributed by atoms with Crippen molar-refractivity contribution in [1.82, 2.24) is 9.97 Å². The van der Waals surface area contributed by atoms with E-state index in [1.807, 2.05) is 24.3 Å². The molecular weight excluding hydrogens is 300 g/mol. The highest BCUT2D eigenvalue weighted by molar-refractivity contribution is 9.10. The molecule has 1 aromatic carbocycles. The number of halogens is 1. The van der Waals surface area contributed by atoms with Crippen LogP contribution in [0.1, 0.15) is 11.3 Å². The number of benzene rings is 1. The maximum atomic E-state index is 11.9. The third-order valence-electron chi connectivity index (χ3n) is 2.70. The number of hydrogen-bond acceptors (Lipinski definition) is 3. The lowest BCUT2D eigenvalue weighted by Crippen LogP contribution is -2.15. The van der Waals surface area contributed by atoms with Gasteiger partial charge in [0.15, 0.2) is 0 Å². The molecule has 5 heteroatoms. The van der Waals surface area contributed by atoms with Crippen LogP contribution in [-0.2, 0) is 11.5 Å². The summed E-state index contributed by atoms with van der Waals surface area (Å²) in [6.07, 6.45) is 0. The standard InChI is InChI=1S/C12H9BrN2OS/c13-8-3-1-7(2-4-8)11-14-10-6-17-5-9(10)12(16)15-11/h1-4H,5-6H2,(H,14,15,16). The highest BCUT2D eigenvalue weighted by atomic mass is 79.9. The summed E-state index contributed by atoms with van der Waals surface area (Å²) in [4.78, 5) is 19.2. The molecule has 17 heavy (non-hydrogen) atoms. The Kier molecular flexibility index (Phi) is 2.80. The minimum absolute atomic E-state index is 0.00193. The van der Waals surface area contributed by atoms with Gasteiger partial charge in [-0.2, -0.15) is 11.8 Å². The molecule has 0 aliphatic carbocycles. The third-order valence-corrected chi connectivity index (χ3v) is 4.20. The van der Waals surface area contributed by atoms with Gasteiger partial charge in [-0.05, 0) is 12.1 Å². The van der Waals surface area contributed by atoms with Crippen LogP contribution in [0.5, 0.6) is 0 Å². The molecule has 0 spiro atoms. The number of hydrogen-bond donors (Lipinski definition) is 1. The molecule has 0 fully saturated rings. The monoisotopic (exact) mass is 308 g/mol. The average Bonchev–Trinajstić information content (AvgIpc) is 2.78. The molecule has 1 aliphatic heterocycles. The summed E-state index contributed by atoms with van der Waals surface area (Å²) in [6, 6.07) is 7.77. The van der Waals surface area contributed by atoms with Gasteiger partial charge in [0, 0.05) is 27.1 Å². The van der Waals surface area contributed by atoms with Gasteiger partial charge in [0.25, 0.3) is 5.56 Å². The fraction of sp³-hybridized carbons (Fsp3) is 0.167. The maximum absolute atomic E-state index is 11.9. The number of H-pyrrole nitrogens is 1. The van der Waals surface area contributed by atoms with Gasteiger partial charge >= 0.3 is 0 Å². The summed E-state index contributed by atoms with van der Waals surface area (Å²) < 4.78 is 1.01. The minimum atomic E-state index is -0.00193. The van der Waals surface area contributed by atoms with Crippen LogP contribution in [0.3, 0.4) is 0 Å². The number of nitrogens with one attached hydrogen (secondary N) is 1. The summed E-state index contributed by atoms with van der Waals surface area (Å²) in [7, 11) is 0. The lowest BCUT2D eigenvalue weighted by molar-refractivity contribution is 1.03.